The molecule has 12 heteroatoms. The zero-order chi connectivity index (χ0) is 20.5. The third kappa shape index (κ3) is 6.39. The molecule has 10 nitrogen and oxygen atoms in total. The maximum atomic E-state index is 11.8. The van der Waals surface area contributed by atoms with Gasteiger partial charge < -0.3 is 10.1 Å². The van der Waals surface area contributed by atoms with E-state index < -0.39 is 17.2 Å². The molecule has 1 heterocycles. The highest BCUT2D eigenvalue weighted by molar-refractivity contribution is 6.37. The number of nitrogens with one attached hydrogen (secondary N) is 4. The van der Waals surface area contributed by atoms with Crippen molar-refractivity contribution in [3.63, 3.8) is 0 Å². The van der Waals surface area contributed by atoms with Crippen LogP contribution in [0.15, 0.2) is 26.8 Å². The molecular weight excluding hydrogens is 411 g/mol. The summed E-state index contributed by atoms with van der Waals surface area (Å²) in [5.41, 5.74) is 1.53. The molecule has 0 aliphatic carbocycles. The van der Waals surface area contributed by atoms with Gasteiger partial charge in [-0.25, -0.2) is 15.3 Å². The molecule has 0 radical (unpaired) electrons. The SMILES string of the molecule is CCCOc1c(Cl)cc(/C=N/NC(=O)CCNc2n[nH]c(=O)[nH]c2=O)cc1Cl. The summed E-state index contributed by atoms with van der Waals surface area (Å²) in [4.78, 5) is 36.1. The normalized spacial score (nSPS) is 10.8. The minimum atomic E-state index is -0.715. The van der Waals surface area contributed by atoms with Gasteiger partial charge in [0.15, 0.2) is 5.75 Å². The monoisotopic (exact) mass is 428 g/mol. The molecule has 2 rings (SSSR count). The van der Waals surface area contributed by atoms with Gasteiger partial charge in [-0.1, -0.05) is 30.1 Å². The highest BCUT2D eigenvalue weighted by Gasteiger charge is 2.09. The molecule has 4 N–H and O–H groups in total. The van der Waals surface area contributed by atoms with Crippen LogP contribution in [-0.4, -0.2) is 40.5 Å². The van der Waals surface area contributed by atoms with E-state index >= 15 is 0 Å². The van der Waals surface area contributed by atoms with Gasteiger partial charge in [-0.15, -0.1) is 5.10 Å². The van der Waals surface area contributed by atoms with Crippen molar-refractivity contribution in [2.45, 2.75) is 19.8 Å². The summed E-state index contributed by atoms with van der Waals surface area (Å²) in [5.74, 6) is -0.0847. The first-order valence-corrected chi connectivity index (χ1v) is 9.03. The number of anilines is 1. The van der Waals surface area contributed by atoms with Crippen LogP contribution in [0.4, 0.5) is 5.82 Å². The van der Waals surface area contributed by atoms with E-state index in [-0.39, 0.29) is 18.8 Å². The van der Waals surface area contributed by atoms with Crippen LogP contribution in [0.1, 0.15) is 25.3 Å². The van der Waals surface area contributed by atoms with Gasteiger partial charge in [-0.3, -0.25) is 14.6 Å². The summed E-state index contributed by atoms with van der Waals surface area (Å²) in [6.07, 6.45) is 2.23. The molecule has 0 spiro atoms. The predicted molar refractivity (Wildman–Crippen MR) is 107 cm³/mol. The molecule has 0 atom stereocenters. The van der Waals surface area contributed by atoms with Gasteiger partial charge in [0.05, 0.1) is 22.9 Å². The van der Waals surface area contributed by atoms with Gasteiger partial charge in [0.2, 0.25) is 11.7 Å². The topological polar surface area (TPSA) is 141 Å². The van der Waals surface area contributed by atoms with Gasteiger partial charge in [0.1, 0.15) is 0 Å². The van der Waals surface area contributed by atoms with E-state index in [0.717, 1.165) is 6.42 Å². The highest BCUT2D eigenvalue weighted by Crippen LogP contribution is 2.33. The first kappa shape index (κ1) is 21.5. The lowest BCUT2D eigenvalue weighted by Gasteiger charge is -2.09. The van der Waals surface area contributed by atoms with Gasteiger partial charge in [0.25, 0.3) is 5.56 Å². The number of nitrogens with zero attached hydrogens (tertiary/aromatic N) is 2. The second-order valence-electron chi connectivity index (χ2n) is 5.49. The highest BCUT2D eigenvalue weighted by atomic mass is 35.5. The minimum absolute atomic E-state index is 0.0168. The third-order valence-electron chi connectivity index (χ3n) is 3.23. The third-order valence-corrected chi connectivity index (χ3v) is 3.79. The summed E-state index contributed by atoms with van der Waals surface area (Å²) in [6.45, 7) is 2.58. The summed E-state index contributed by atoms with van der Waals surface area (Å²) < 4.78 is 5.48. The Morgan fingerprint density at radius 2 is 2.04 bits per heavy atom. The number of benzene rings is 1. The van der Waals surface area contributed by atoms with E-state index in [4.69, 9.17) is 27.9 Å². The number of aromatic amines is 2. The van der Waals surface area contributed by atoms with Crippen LogP contribution in [0.3, 0.4) is 0 Å². The molecule has 28 heavy (non-hydrogen) atoms. The van der Waals surface area contributed by atoms with Crippen LogP contribution >= 0.6 is 23.2 Å². The maximum Gasteiger partial charge on any atom is 0.342 e. The Balaban J connectivity index is 1.84. The Bertz CT molecular complexity index is 949. The van der Waals surface area contributed by atoms with Gasteiger partial charge >= 0.3 is 5.69 Å². The van der Waals surface area contributed by atoms with E-state index in [1.807, 2.05) is 11.9 Å². The largest absolute Gasteiger partial charge is 0.490 e. The van der Waals surface area contributed by atoms with Crippen LogP contribution in [0.2, 0.25) is 10.0 Å². The van der Waals surface area contributed by atoms with Crippen molar-refractivity contribution in [1.82, 2.24) is 20.6 Å². The zero-order valence-electron chi connectivity index (χ0n) is 14.8. The first-order valence-electron chi connectivity index (χ1n) is 8.27. The number of amides is 1. The molecule has 1 aromatic carbocycles. The minimum Gasteiger partial charge on any atom is -0.490 e. The molecule has 0 unspecified atom stereocenters. The summed E-state index contributed by atoms with van der Waals surface area (Å²) in [5, 5.41) is 12.8. The fraction of sp³-hybridized carbons (Fsp3) is 0.312. The van der Waals surface area contributed by atoms with Crippen molar-refractivity contribution >= 4 is 41.1 Å². The van der Waals surface area contributed by atoms with Crippen molar-refractivity contribution in [1.29, 1.82) is 0 Å². The Morgan fingerprint density at radius 3 is 2.68 bits per heavy atom. The molecule has 0 bridgehead atoms. The fourth-order valence-electron chi connectivity index (χ4n) is 1.99. The number of carbonyl (C=O) groups excluding carboxylic acids is 1. The number of halogens is 2. The lowest BCUT2D eigenvalue weighted by Crippen LogP contribution is -2.28. The van der Waals surface area contributed by atoms with Crippen molar-refractivity contribution in [2.24, 2.45) is 5.10 Å². The van der Waals surface area contributed by atoms with Gasteiger partial charge in [0, 0.05) is 13.0 Å². The molecule has 2 aromatic rings. The molecule has 0 fully saturated rings. The number of ether oxygens (including phenoxy) is 1. The van der Waals surface area contributed by atoms with Crippen molar-refractivity contribution < 1.29 is 9.53 Å². The Kier molecular flexibility index (Phi) is 8.02. The second-order valence-corrected chi connectivity index (χ2v) is 6.30. The maximum absolute atomic E-state index is 11.8. The van der Waals surface area contributed by atoms with Gasteiger partial charge in [-0.2, -0.15) is 5.10 Å². The Labute approximate surface area is 169 Å². The van der Waals surface area contributed by atoms with E-state index in [1.165, 1.54) is 6.21 Å². The quantitative estimate of drug-likeness (QED) is 0.352. The standard InChI is InChI=1S/C16H18Cl2N6O4/c1-2-5-28-13-10(17)6-9(7-11(13)18)8-20-22-12(25)3-4-19-14-15(26)21-16(27)24-23-14/h6-8H,2-5H2,1H3,(H,19,23)(H,22,25)(H2,21,24,26,27)/b20-8+. The molecule has 0 saturated carbocycles. The lowest BCUT2D eigenvalue weighted by atomic mass is 10.2. The summed E-state index contributed by atoms with van der Waals surface area (Å²) in [6, 6.07) is 3.23. The van der Waals surface area contributed by atoms with Crippen molar-refractivity contribution in [3.05, 3.63) is 48.6 Å². The van der Waals surface area contributed by atoms with Crippen molar-refractivity contribution in [2.75, 3.05) is 18.5 Å². The molecule has 0 saturated heterocycles. The molecule has 1 aromatic heterocycles. The zero-order valence-corrected chi connectivity index (χ0v) is 16.4. The second kappa shape index (κ2) is 10.5. The molecular formula is C16H18Cl2N6O4. The number of hydrogen-bond donors (Lipinski definition) is 4. The summed E-state index contributed by atoms with van der Waals surface area (Å²) in [7, 11) is 0. The van der Waals surface area contributed by atoms with Gasteiger partial charge in [-0.05, 0) is 24.1 Å². The van der Waals surface area contributed by atoms with Crippen LogP contribution in [0.25, 0.3) is 0 Å². The fourth-order valence-corrected chi connectivity index (χ4v) is 2.61. The van der Waals surface area contributed by atoms with Crippen LogP contribution in [0, 0.1) is 0 Å². The summed E-state index contributed by atoms with van der Waals surface area (Å²) >= 11 is 12.3. The average Bonchev–Trinajstić information content (AvgIpc) is 2.63. The Morgan fingerprint density at radius 1 is 1.32 bits per heavy atom. The smallest absolute Gasteiger partial charge is 0.342 e. The molecule has 150 valence electrons. The molecule has 0 aliphatic heterocycles. The first-order chi connectivity index (χ1) is 13.4. The van der Waals surface area contributed by atoms with E-state index in [9.17, 15) is 14.4 Å². The van der Waals surface area contributed by atoms with E-state index in [0.29, 0.717) is 28.0 Å². The van der Waals surface area contributed by atoms with E-state index in [1.54, 1.807) is 12.1 Å². The predicted octanol–water partition coefficient (Wildman–Crippen LogP) is 1.51. The van der Waals surface area contributed by atoms with Crippen LogP contribution < -0.4 is 26.7 Å². The number of carbonyl (C=O) groups is 1. The number of hydrogen-bond acceptors (Lipinski definition) is 7. The molecule has 1 amide bonds. The average molecular weight is 429 g/mol. The molecule has 0 aliphatic rings. The number of aromatic nitrogens is 3. The number of H-pyrrole nitrogens is 2. The van der Waals surface area contributed by atoms with Crippen molar-refractivity contribution in [3.8, 4) is 5.75 Å². The lowest BCUT2D eigenvalue weighted by molar-refractivity contribution is -0.120. The Hall–Kier alpha value is -2.85. The van der Waals surface area contributed by atoms with Crippen LogP contribution in [0.5, 0.6) is 5.75 Å². The number of rotatable bonds is 9. The van der Waals surface area contributed by atoms with E-state index in [2.05, 4.69) is 26.0 Å². The number of hydrazone groups is 1. The van der Waals surface area contributed by atoms with Crippen LogP contribution in [-0.2, 0) is 4.79 Å².